The highest BCUT2D eigenvalue weighted by molar-refractivity contribution is 5.34. The van der Waals surface area contributed by atoms with Crippen LogP contribution in [0.5, 0.6) is 0 Å². The highest BCUT2D eigenvalue weighted by Crippen LogP contribution is 2.04. The van der Waals surface area contributed by atoms with Crippen LogP contribution in [0.1, 0.15) is 17.5 Å². The van der Waals surface area contributed by atoms with Crippen LogP contribution < -0.4 is 5.73 Å². The average Bonchev–Trinajstić information content (AvgIpc) is 2.12. The Labute approximate surface area is 77.0 Å². The molecule has 68 valence electrons. The molecule has 0 bridgehead atoms. The van der Waals surface area contributed by atoms with Crippen LogP contribution in [0.3, 0.4) is 0 Å². The number of aryl methyl sites for hydroxylation is 1. The molecule has 0 aromatic carbocycles. The first-order valence-corrected chi connectivity index (χ1v) is 4.05. The largest absolute Gasteiger partial charge is 0.330 e. The van der Waals surface area contributed by atoms with Crippen LogP contribution >= 0.6 is 0 Å². The van der Waals surface area contributed by atoms with Crippen molar-refractivity contribution in [1.29, 1.82) is 0 Å². The highest BCUT2D eigenvalue weighted by atomic mass is 19.1. The van der Waals surface area contributed by atoms with E-state index in [1.54, 1.807) is 13.0 Å². The molecule has 13 heavy (non-hydrogen) atoms. The molecule has 0 atom stereocenters. The first-order chi connectivity index (χ1) is 6.24. The van der Waals surface area contributed by atoms with Gasteiger partial charge in [0.25, 0.3) is 0 Å². The van der Waals surface area contributed by atoms with Gasteiger partial charge in [0.15, 0.2) is 0 Å². The van der Waals surface area contributed by atoms with Crippen molar-refractivity contribution in [3.63, 3.8) is 0 Å². The number of pyridine rings is 1. The summed E-state index contributed by atoms with van der Waals surface area (Å²) in [6, 6.07) is 1.67. The average molecular weight is 178 g/mol. The minimum absolute atomic E-state index is 0.440. The van der Waals surface area contributed by atoms with Gasteiger partial charge in [-0.25, -0.2) is 4.98 Å². The van der Waals surface area contributed by atoms with E-state index >= 15 is 0 Å². The molecule has 0 amide bonds. The van der Waals surface area contributed by atoms with Gasteiger partial charge in [-0.15, -0.1) is 0 Å². The second-order valence-corrected chi connectivity index (χ2v) is 2.67. The predicted octanol–water partition coefficient (Wildman–Crippen LogP) is 1.23. The van der Waals surface area contributed by atoms with Crippen LogP contribution in [0.4, 0.5) is 4.39 Å². The summed E-state index contributed by atoms with van der Waals surface area (Å²) >= 11 is 0. The van der Waals surface area contributed by atoms with Gasteiger partial charge in [-0.3, -0.25) is 0 Å². The van der Waals surface area contributed by atoms with Gasteiger partial charge in [0.1, 0.15) is 0 Å². The van der Waals surface area contributed by atoms with E-state index < -0.39 is 5.95 Å². The number of hydrogen-bond acceptors (Lipinski definition) is 2. The maximum absolute atomic E-state index is 12.7. The predicted molar refractivity (Wildman–Crippen MR) is 49.5 cm³/mol. The zero-order valence-electron chi connectivity index (χ0n) is 7.47. The van der Waals surface area contributed by atoms with E-state index in [-0.39, 0.29) is 0 Å². The topological polar surface area (TPSA) is 38.9 Å². The second kappa shape index (κ2) is 4.58. The molecular weight excluding hydrogens is 167 g/mol. The molecule has 3 heteroatoms. The lowest BCUT2D eigenvalue weighted by Crippen LogP contribution is -1.95. The van der Waals surface area contributed by atoms with Crippen molar-refractivity contribution in [2.45, 2.75) is 13.3 Å². The molecule has 0 radical (unpaired) electrons. The number of nitrogens with zero attached hydrogens (tertiary/aromatic N) is 1. The van der Waals surface area contributed by atoms with Crippen LogP contribution in [-0.4, -0.2) is 11.5 Å². The fraction of sp³-hybridized carbons (Fsp3) is 0.300. The number of hydrogen-bond donors (Lipinski definition) is 1. The molecule has 0 aliphatic carbocycles. The van der Waals surface area contributed by atoms with Gasteiger partial charge in [-0.1, -0.05) is 11.8 Å². The molecule has 0 unspecified atom stereocenters. The number of aromatic nitrogens is 1. The summed E-state index contributed by atoms with van der Waals surface area (Å²) in [4.78, 5) is 3.56. The van der Waals surface area contributed by atoms with Gasteiger partial charge in [-0.2, -0.15) is 4.39 Å². The summed E-state index contributed by atoms with van der Waals surface area (Å²) in [6.45, 7) is 2.21. The van der Waals surface area contributed by atoms with Crippen LogP contribution in [0.15, 0.2) is 12.3 Å². The number of nitrogens with two attached hydrogens (primary N) is 1. The van der Waals surface area contributed by atoms with E-state index in [9.17, 15) is 4.39 Å². The Hall–Kier alpha value is -1.40. The van der Waals surface area contributed by atoms with E-state index in [1.807, 2.05) is 0 Å². The Bertz CT molecular complexity index is 350. The summed E-state index contributed by atoms with van der Waals surface area (Å²) in [5.41, 5.74) is 6.51. The third-order valence-corrected chi connectivity index (χ3v) is 1.52. The maximum atomic E-state index is 12.7. The van der Waals surface area contributed by atoms with Crippen LogP contribution in [0, 0.1) is 24.7 Å². The smallest absolute Gasteiger partial charge is 0.215 e. The summed E-state index contributed by atoms with van der Waals surface area (Å²) in [6.07, 6.45) is 2.07. The molecule has 1 aromatic heterocycles. The second-order valence-electron chi connectivity index (χ2n) is 2.67. The summed E-state index contributed by atoms with van der Waals surface area (Å²) < 4.78 is 12.7. The molecule has 0 spiro atoms. The third-order valence-electron chi connectivity index (χ3n) is 1.52. The fourth-order valence-electron chi connectivity index (χ4n) is 0.863. The summed E-state index contributed by atoms with van der Waals surface area (Å²) in [5.74, 6) is 5.27. The minimum Gasteiger partial charge on any atom is -0.330 e. The lowest BCUT2D eigenvalue weighted by Gasteiger charge is -1.94. The first kappa shape index (κ1) is 9.69. The van der Waals surface area contributed by atoms with Crippen molar-refractivity contribution in [2.24, 2.45) is 5.73 Å². The van der Waals surface area contributed by atoms with Crippen molar-refractivity contribution in [2.75, 3.05) is 6.54 Å². The van der Waals surface area contributed by atoms with Crippen molar-refractivity contribution in [3.8, 4) is 11.8 Å². The molecule has 2 N–H and O–H groups in total. The number of rotatable bonds is 1. The van der Waals surface area contributed by atoms with E-state index in [4.69, 9.17) is 5.73 Å². The van der Waals surface area contributed by atoms with Crippen molar-refractivity contribution in [1.82, 2.24) is 4.98 Å². The zero-order valence-corrected chi connectivity index (χ0v) is 7.47. The molecule has 2 nitrogen and oxygen atoms in total. The van der Waals surface area contributed by atoms with Gasteiger partial charge in [-0.05, 0) is 13.0 Å². The van der Waals surface area contributed by atoms with Crippen LogP contribution in [-0.2, 0) is 0 Å². The van der Waals surface area contributed by atoms with Crippen LogP contribution in [0.2, 0.25) is 0 Å². The SMILES string of the molecule is Cc1cc(C#CCCN)cnc1F. The maximum Gasteiger partial charge on any atom is 0.215 e. The van der Waals surface area contributed by atoms with E-state index in [2.05, 4.69) is 16.8 Å². The Morgan fingerprint density at radius 1 is 1.62 bits per heavy atom. The van der Waals surface area contributed by atoms with E-state index in [1.165, 1.54) is 6.20 Å². The molecule has 0 aliphatic heterocycles. The minimum atomic E-state index is -0.440. The highest BCUT2D eigenvalue weighted by Gasteiger charge is 1.97. The lowest BCUT2D eigenvalue weighted by molar-refractivity contribution is 0.574. The molecule has 1 aromatic rings. The molecule has 0 fully saturated rings. The van der Waals surface area contributed by atoms with Gasteiger partial charge >= 0.3 is 0 Å². The molecule has 0 saturated carbocycles. The monoisotopic (exact) mass is 178 g/mol. The van der Waals surface area contributed by atoms with Crippen LogP contribution in [0.25, 0.3) is 0 Å². The first-order valence-electron chi connectivity index (χ1n) is 4.05. The molecular formula is C10H11FN2. The summed E-state index contributed by atoms with van der Waals surface area (Å²) in [5, 5.41) is 0. The van der Waals surface area contributed by atoms with Gasteiger partial charge in [0, 0.05) is 30.3 Å². The normalized spacial score (nSPS) is 9.15. The third kappa shape index (κ3) is 2.85. The van der Waals surface area contributed by atoms with E-state index in [0.29, 0.717) is 18.5 Å². The van der Waals surface area contributed by atoms with Gasteiger partial charge in [0.2, 0.25) is 5.95 Å². The quantitative estimate of drug-likeness (QED) is 0.519. The summed E-state index contributed by atoms with van der Waals surface area (Å²) in [7, 11) is 0. The van der Waals surface area contributed by atoms with E-state index in [0.717, 1.165) is 5.56 Å². The lowest BCUT2D eigenvalue weighted by atomic mass is 10.2. The Balaban J connectivity index is 2.81. The fourth-order valence-corrected chi connectivity index (χ4v) is 0.863. The molecule has 0 aliphatic rings. The van der Waals surface area contributed by atoms with Gasteiger partial charge < -0.3 is 5.73 Å². The zero-order chi connectivity index (χ0) is 9.68. The Morgan fingerprint density at radius 2 is 2.38 bits per heavy atom. The Kier molecular flexibility index (Phi) is 3.41. The van der Waals surface area contributed by atoms with Crippen molar-refractivity contribution in [3.05, 3.63) is 29.3 Å². The standard InChI is InChI=1S/C10H11FN2/c1-8-6-9(4-2-3-5-12)7-13-10(8)11/h6-7H,3,5,12H2,1H3. The van der Waals surface area contributed by atoms with Crippen molar-refractivity contribution >= 4 is 0 Å². The van der Waals surface area contributed by atoms with Crippen molar-refractivity contribution < 1.29 is 4.39 Å². The molecule has 1 heterocycles. The number of halogens is 1. The molecule has 1 rings (SSSR count). The Morgan fingerprint density at radius 3 is 3.00 bits per heavy atom. The van der Waals surface area contributed by atoms with Gasteiger partial charge in [0.05, 0.1) is 0 Å². The molecule has 0 saturated heterocycles.